The van der Waals surface area contributed by atoms with Crippen LogP contribution < -0.4 is 0 Å². The fourth-order valence-electron chi connectivity index (χ4n) is 6.26. The summed E-state index contributed by atoms with van der Waals surface area (Å²) in [5.74, 6) is -1.05. The SMILES string of the molecule is CCCCCCCCCCCCCCCC(=O)OC[C@H](O)COC(=O)CCC/C=C/C[C@@H]1[C@@H](/C=C/[C@@H](O)CCCCC)[C@H](O)C[C@@H]1O. The van der Waals surface area contributed by atoms with Gasteiger partial charge in [0.1, 0.15) is 19.3 Å². The van der Waals surface area contributed by atoms with Crippen molar-refractivity contribution in [2.24, 2.45) is 11.8 Å². The molecule has 47 heavy (non-hydrogen) atoms. The minimum atomic E-state index is -1.04. The van der Waals surface area contributed by atoms with Crippen LogP contribution in [0.4, 0.5) is 0 Å². The normalized spacial score (nSPS) is 21.1. The van der Waals surface area contributed by atoms with Gasteiger partial charge >= 0.3 is 11.9 Å². The van der Waals surface area contributed by atoms with Crippen LogP contribution in [-0.2, 0) is 19.1 Å². The van der Waals surface area contributed by atoms with Crippen LogP contribution in [0.15, 0.2) is 24.3 Å². The third kappa shape index (κ3) is 23.3. The summed E-state index contributed by atoms with van der Waals surface area (Å²) in [6, 6.07) is 0. The highest BCUT2D eigenvalue weighted by Crippen LogP contribution is 2.36. The summed E-state index contributed by atoms with van der Waals surface area (Å²) in [5.41, 5.74) is 0. The third-order valence-corrected chi connectivity index (χ3v) is 9.26. The smallest absolute Gasteiger partial charge is 0.305 e. The van der Waals surface area contributed by atoms with E-state index >= 15 is 0 Å². The number of hydrogen-bond acceptors (Lipinski definition) is 8. The lowest BCUT2D eigenvalue weighted by Gasteiger charge is -2.19. The summed E-state index contributed by atoms with van der Waals surface area (Å²) in [6.45, 7) is 3.99. The van der Waals surface area contributed by atoms with Crippen molar-refractivity contribution in [3.8, 4) is 0 Å². The predicted molar refractivity (Wildman–Crippen MR) is 189 cm³/mol. The molecule has 0 unspecified atom stereocenters. The summed E-state index contributed by atoms with van der Waals surface area (Å²) in [5, 5.41) is 41.1. The molecule has 8 heteroatoms. The number of aliphatic hydroxyl groups is 4. The van der Waals surface area contributed by atoms with Gasteiger partial charge in [-0.05, 0) is 38.0 Å². The zero-order valence-corrected chi connectivity index (χ0v) is 29.9. The number of allylic oxidation sites excluding steroid dienone is 2. The maximum absolute atomic E-state index is 12.1. The van der Waals surface area contributed by atoms with Crippen LogP contribution >= 0.6 is 0 Å². The van der Waals surface area contributed by atoms with Crippen molar-refractivity contribution in [3.05, 3.63) is 24.3 Å². The van der Waals surface area contributed by atoms with Crippen molar-refractivity contribution in [1.82, 2.24) is 0 Å². The minimum Gasteiger partial charge on any atom is -0.463 e. The topological polar surface area (TPSA) is 134 Å². The maximum Gasteiger partial charge on any atom is 0.305 e. The minimum absolute atomic E-state index is 0.115. The first-order valence-electron chi connectivity index (χ1n) is 19.1. The zero-order valence-electron chi connectivity index (χ0n) is 29.9. The number of esters is 2. The molecule has 0 radical (unpaired) electrons. The van der Waals surface area contributed by atoms with Gasteiger partial charge in [-0.1, -0.05) is 134 Å². The first-order chi connectivity index (χ1) is 22.8. The van der Waals surface area contributed by atoms with E-state index in [0.717, 1.165) is 38.5 Å². The standard InChI is InChI=1S/C39H70O8/c1-3-5-7-8-9-10-11-12-13-14-15-16-21-25-38(44)46-30-33(41)31-47-39(45)26-22-18-17-20-24-34-35(37(43)29-36(34)42)28-27-32(40)23-19-6-4-2/h17,20,27-28,32-37,40-43H,3-16,18-19,21-26,29-31H2,1-2H3/b20-17+,28-27+/t32-,33-,34+,35+,36-,37+/m0/s1. The molecule has 1 rings (SSSR count). The second kappa shape index (κ2) is 29.2. The Kier molecular flexibility index (Phi) is 26.9. The van der Waals surface area contributed by atoms with Crippen LogP contribution in [0, 0.1) is 11.8 Å². The summed E-state index contributed by atoms with van der Waals surface area (Å²) in [4.78, 5) is 24.0. The van der Waals surface area contributed by atoms with E-state index in [4.69, 9.17) is 9.47 Å². The highest BCUT2D eigenvalue weighted by Gasteiger charge is 2.39. The lowest BCUT2D eigenvalue weighted by atomic mass is 9.89. The van der Waals surface area contributed by atoms with Crippen LogP contribution in [-0.4, -0.2) is 70.0 Å². The molecule has 274 valence electrons. The number of ether oxygens (including phenoxy) is 2. The molecule has 0 heterocycles. The van der Waals surface area contributed by atoms with Crippen LogP contribution in [0.1, 0.15) is 162 Å². The molecule has 0 aromatic heterocycles. The van der Waals surface area contributed by atoms with Crippen molar-refractivity contribution in [1.29, 1.82) is 0 Å². The van der Waals surface area contributed by atoms with Gasteiger partial charge in [0.25, 0.3) is 0 Å². The maximum atomic E-state index is 12.1. The highest BCUT2D eigenvalue weighted by molar-refractivity contribution is 5.69. The van der Waals surface area contributed by atoms with Gasteiger partial charge in [0, 0.05) is 25.2 Å². The van der Waals surface area contributed by atoms with Gasteiger partial charge in [0.05, 0.1) is 18.3 Å². The van der Waals surface area contributed by atoms with Gasteiger partial charge in [-0.25, -0.2) is 0 Å². The fraction of sp³-hybridized carbons (Fsp3) is 0.846. The number of aliphatic hydroxyl groups excluding tert-OH is 4. The van der Waals surface area contributed by atoms with E-state index < -0.39 is 30.4 Å². The molecule has 0 amide bonds. The monoisotopic (exact) mass is 667 g/mol. The second-order valence-electron chi connectivity index (χ2n) is 13.7. The first kappa shape index (κ1) is 43.3. The van der Waals surface area contributed by atoms with Gasteiger partial charge in [0.15, 0.2) is 0 Å². The van der Waals surface area contributed by atoms with Crippen LogP contribution in [0.2, 0.25) is 0 Å². The Labute approximate surface area is 286 Å². The van der Waals surface area contributed by atoms with Crippen molar-refractivity contribution in [2.45, 2.75) is 186 Å². The Morgan fingerprint density at radius 3 is 1.77 bits per heavy atom. The van der Waals surface area contributed by atoms with Crippen molar-refractivity contribution < 1.29 is 39.5 Å². The molecule has 6 atom stereocenters. The summed E-state index contributed by atoms with van der Waals surface area (Å²) >= 11 is 0. The molecule has 1 fully saturated rings. The number of rotatable bonds is 30. The lowest BCUT2D eigenvalue weighted by Crippen LogP contribution is -2.25. The van der Waals surface area contributed by atoms with Crippen molar-refractivity contribution in [3.63, 3.8) is 0 Å². The van der Waals surface area contributed by atoms with Gasteiger partial charge in [-0.3, -0.25) is 9.59 Å². The van der Waals surface area contributed by atoms with E-state index in [1.54, 1.807) is 6.08 Å². The van der Waals surface area contributed by atoms with E-state index in [1.165, 1.54) is 64.2 Å². The molecular weight excluding hydrogens is 596 g/mol. The summed E-state index contributed by atoms with van der Waals surface area (Å²) < 4.78 is 10.3. The fourth-order valence-corrected chi connectivity index (χ4v) is 6.26. The molecule has 0 bridgehead atoms. The van der Waals surface area contributed by atoms with Gasteiger partial charge in [-0.15, -0.1) is 0 Å². The number of hydrogen-bond donors (Lipinski definition) is 4. The molecule has 4 N–H and O–H groups in total. The largest absolute Gasteiger partial charge is 0.463 e. The number of carbonyl (C=O) groups is 2. The molecule has 8 nitrogen and oxygen atoms in total. The predicted octanol–water partition coefficient (Wildman–Crippen LogP) is 7.89. The highest BCUT2D eigenvalue weighted by atomic mass is 16.6. The average molecular weight is 667 g/mol. The Hall–Kier alpha value is -1.74. The van der Waals surface area contributed by atoms with Gasteiger partial charge in [0.2, 0.25) is 0 Å². The molecule has 0 aliphatic heterocycles. The van der Waals surface area contributed by atoms with E-state index in [2.05, 4.69) is 13.8 Å². The molecular formula is C39H70O8. The quantitative estimate of drug-likeness (QED) is 0.0346. The molecule has 0 saturated heterocycles. The van der Waals surface area contributed by atoms with E-state index in [1.807, 2.05) is 18.2 Å². The van der Waals surface area contributed by atoms with Crippen molar-refractivity contribution >= 4 is 11.9 Å². The number of unbranched alkanes of at least 4 members (excludes halogenated alkanes) is 15. The Morgan fingerprint density at radius 1 is 0.681 bits per heavy atom. The molecule has 0 spiro atoms. The molecule has 1 aliphatic carbocycles. The van der Waals surface area contributed by atoms with Gasteiger partial charge in [-0.2, -0.15) is 0 Å². The molecule has 0 aromatic rings. The van der Waals surface area contributed by atoms with Crippen LogP contribution in [0.3, 0.4) is 0 Å². The summed E-state index contributed by atoms with van der Waals surface area (Å²) in [6.07, 6.45) is 27.5. The zero-order chi connectivity index (χ0) is 34.5. The molecule has 0 aromatic carbocycles. The van der Waals surface area contributed by atoms with Crippen LogP contribution in [0.5, 0.6) is 0 Å². The van der Waals surface area contributed by atoms with E-state index in [-0.39, 0.29) is 37.4 Å². The Balaban J connectivity index is 2.07. The molecule has 1 aliphatic rings. The average Bonchev–Trinajstić information content (AvgIpc) is 3.32. The molecule has 1 saturated carbocycles. The Morgan fingerprint density at radius 2 is 1.19 bits per heavy atom. The third-order valence-electron chi connectivity index (χ3n) is 9.26. The lowest BCUT2D eigenvalue weighted by molar-refractivity contribution is -0.152. The first-order valence-corrected chi connectivity index (χ1v) is 19.1. The van der Waals surface area contributed by atoms with Crippen LogP contribution in [0.25, 0.3) is 0 Å². The number of carbonyl (C=O) groups excluding carboxylic acids is 2. The van der Waals surface area contributed by atoms with Gasteiger partial charge < -0.3 is 29.9 Å². The summed E-state index contributed by atoms with van der Waals surface area (Å²) in [7, 11) is 0. The van der Waals surface area contributed by atoms with E-state index in [9.17, 15) is 30.0 Å². The second-order valence-corrected chi connectivity index (χ2v) is 13.7. The Bertz CT molecular complexity index is 828. The van der Waals surface area contributed by atoms with E-state index in [0.29, 0.717) is 38.5 Å². The van der Waals surface area contributed by atoms with Crippen molar-refractivity contribution in [2.75, 3.05) is 13.2 Å².